The molecule has 0 spiro atoms. The number of aromatic nitrogens is 2. The van der Waals surface area contributed by atoms with Gasteiger partial charge in [0.05, 0.1) is 25.8 Å². The Bertz CT molecular complexity index is 917. The molecule has 9 nitrogen and oxygen atoms in total. The molecule has 1 amide bonds. The second-order valence-electron chi connectivity index (χ2n) is 8.52. The minimum atomic E-state index is -0.803. The van der Waals surface area contributed by atoms with Gasteiger partial charge in [0.25, 0.3) is 5.91 Å². The van der Waals surface area contributed by atoms with E-state index in [2.05, 4.69) is 15.3 Å². The molecule has 0 radical (unpaired) electrons. The van der Waals surface area contributed by atoms with Gasteiger partial charge >= 0.3 is 12.0 Å². The van der Waals surface area contributed by atoms with Crippen LogP contribution in [0.3, 0.4) is 0 Å². The predicted molar refractivity (Wildman–Crippen MR) is 118 cm³/mol. The van der Waals surface area contributed by atoms with Gasteiger partial charge in [0.15, 0.2) is 0 Å². The minimum Gasteiger partial charge on any atom is -0.481 e. The Balaban J connectivity index is 2.28. The van der Waals surface area contributed by atoms with Gasteiger partial charge in [0.1, 0.15) is 17.4 Å². The van der Waals surface area contributed by atoms with E-state index in [1.165, 1.54) is 20.3 Å². The molecule has 2 aromatic rings. The zero-order chi connectivity index (χ0) is 23.9. The normalized spacial score (nSPS) is 12.1. The summed E-state index contributed by atoms with van der Waals surface area (Å²) in [6.45, 7) is 9.28. The van der Waals surface area contributed by atoms with Crippen molar-refractivity contribution in [3.63, 3.8) is 0 Å². The zero-order valence-corrected chi connectivity index (χ0v) is 19.6. The topological polar surface area (TPSA) is 109 Å². The van der Waals surface area contributed by atoms with Crippen molar-refractivity contribution < 1.29 is 28.5 Å². The number of benzene rings is 1. The van der Waals surface area contributed by atoms with E-state index in [1.807, 2.05) is 13.8 Å². The van der Waals surface area contributed by atoms with Gasteiger partial charge in [0, 0.05) is 0 Å². The Kier molecular flexibility index (Phi) is 8.40. The second-order valence-corrected chi connectivity index (χ2v) is 8.52. The van der Waals surface area contributed by atoms with Crippen molar-refractivity contribution in [1.29, 1.82) is 0 Å². The van der Waals surface area contributed by atoms with Crippen LogP contribution in [0.1, 0.15) is 51.4 Å². The lowest BCUT2D eigenvalue weighted by Gasteiger charge is -2.25. The number of para-hydroxylation sites is 1. The first kappa shape index (κ1) is 24.9. The summed E-state index contributed by atoms with van der Waals surface area (Å²) in [5, 5.41) is 2.77. The average Bonchev–Trinajstić information content (AvgIpc) is 2.71. The number of hydrogen-bond acceptors (Lipinski definition) is 8. The van der Waals surface area contributed by atoms with Crippen molar-refractivity contribution in [2.75, 3.05) is 14.2 Å². The van der Waals surface area contributed by atoms with Crippen LogP contribution in [-0.2, 0) is 9.53 Å². The smallest absolute Gasteiger partial charge is 0.329 e. The van der Waals surface area contributed by atoms with Crippen LogP contribution in [0, 0.1) is 5.92 Å². The number of hydrogen-bond donors (Lipinski definition) is 1. The molecule has 1 atom stereocenters. The lowest BCUT2D eigenvalue weighted by molar-refractivity contribution is -0.157. The summed E-state index contributed by atoms with van der Waals surface area (Å²) in [6, 6.07) is 7.25. The summed E-state index contributed by atoms with van der Waals surface area (Å²) in [6.07, 6.45) is 0.430. The van der Waals surface area contributed by atoms with Gasteiger partial charge in [0.2, 0.25) is 11.8 Å². The molecule has 1 heterocycles. The quantitative estimate of drug-likeness (QED) is 0.581. The van der Waals surface area contributed by atoms with Crippen LogP contribution in [0.4, 0.5) is 0 Å². The number of nitrogens with zero attached hydrogens (tertiary/aromatic N) is 2. The maximum atomic E-state index is 13.1. The predicted octanol–water partition coefficient (Wildman–Crippen LogP) is 3.77. The van der Waals surface area contributed by atoms with Crippen molar-refractivity contribution in [2.45, 2.75) is 52.7 Å². The fraction of sp³-hybridized carbons (Fsp3) is 0.478. The Labute approximate surface area is 188 Å². The first-order valence-electron chi connectivity index (χ1n) is 10.3. The first-order chi connectivity index (χ1) is 15.0. The van der Waals surface area contributed by atoms with Crippen molar-refractivity contribution >= 4 is 11.9 Å². The van der Waals surface area contributed by atoms with E-state index in [0.29, 0.717) is 6.42 Å². The molecule has 0 aliphatic carbocycles. The van der Waals surface area contributed by atoms with Gasteiger partial charge in [-0.15, -0.1) is 0 Å². The van der Waals surface area contributed by atoms with E-state index in [0.717, 1.165) is 0 Å². The Morgan fingerprint density at radius 2 is 1.62 bits per heavy atom. The molecule has 0 aliphatic heterocycles. The second kappa shape index (κ2) is 10.8. The van der Waals surface area contributed by atoms with Crippen LogP contribution in [0.25, 0.3) is 0 Å². The van der Waals surface area contributed by atoms with Gasteiger partial charge in [-0.25, -0.2) is 4.79 Å². The van der Waals surface area contributed by atoms with Crippen molar-refractivity contribution in [2.24, 2.45) is 5.92 Å². The Morgan fingerprint density at radius 1 is 1.03 bits per heavy atom. The third kappa shape index (κ3) is 7.40. The number of carbonyl (C=O) groups excluding carboxylic acids is 2. The van der Waals surface area contributed by atoms with Crippen LogP contribution in [0.5, 0.6) is 23.5 Å². The Morgan fingerprint density at radius 3 is 2.16 bits per heavy atom. The lowest BCUT2D eigenvalue weighted by atomic mass is 10.0. The van der Waals surface area contributed by atoms with Gasteiger partial charge < -0.3 is 24.3 Å². The Hall–Kier alpha value is -3.36. The van der Waals surface area contributed by atoms with Gasteiger partial charge in [-0.3, -0.25) is 4.79 Å². The molecule has 174 valence electrons. The van der Waals surface area contributed by atoms with Crippen LogP contribution in [0.2, 0.25) is 0 Å². The van der Waals surface area contributed by atoms with E-state index in [1.54, 1.807) is 45.0 Å². The van der Waals surface area contributed by atoms with Gasteiger partial charge in [-0.05, 0) is 45.2 Å². The maximum absolute atomic E-state index is 13.1. The third-order valence-electron chi connectivity index (χ3n) is 4.11. The molecule has 9 heteroatoms. The van der Waals surface area contributed by atoms with E-state index in [4.69, 9.17) is 18.9 Å². The number of carbonyl (C=O) groups is 2. The molecule has 32 heavy (non-hydrogen) atoms. The van der Waals surface area contributed by atoms with Gasteiger partial charge in [-0.2, -0.15) is 9.97 Å². The summed E-state index contributed by atoms with van der Waals surface area (Å²) in [5.74, 6) is -0.0954. The highest BCUT2D eigenvalue weighted by atomic mass is 16.6. The zero-order valence-electron chi connectivity index (χ0n) is 19.6. The fourth-order valence-corrected chi connectivity index (χ4v) is 2.77. The van der Waals surface area contributed by atoms with Crippen LogP contribution in [0.15, 0.2) is 30.3 Å². The minimum absolute atomic E-state index is 0.0488. The summed E-state index contributed by atoms with van der Waals surface area (Å²) in [4.78, 5) is 34.0. The number of ether oxygens (including phenoxy) is 4. The van der Waals surface area contributed by atoms with Crippen LogP contribution in [-0.4, -0.2) is 47.7 Å². The maximum Gasteiger partial charge on any atom is 0.329 e. The molecule has 0 saturated heterocycles. The fourth-order valence-electron chi connectivity index (χ4n) is 2.77. The van der Waals surface area contributed by atoms with Gasteiger partial charge in [-0.1, -0.05) is 26.0 Å². The highest BCUT2D eigenvalue weighted by molar-refractivity contribution is 5.99. The van der Waals surface area contributed by atoms with Crippen molar-refractivity contribution in [3.8, 4) is 23.5 Å². The molecule has 1 aromatic heterocycles. The molecule has 0 saturated carbocycles. The molecule has 0 aliphatic rings. The lowest BCUT2D eigenvalue weighted by Crippen LogP contribution is -2.45. The number of nitrogens with one attached hydrogen (secondary N) is 1. The monoisotopic (exact) mass is 445 g/mol. The molecule has 1 aromatic carbocycles. The average molecular weight is 446 g/mol. The summed E-state index contributed by atoms with van der Waals surface area (Å²) in [7, 11) is 2.91. The standard InChI is InChI=1S/C23H31N3O6/c1-14(2)12-16(21(28)32-23(3,4)5)24-20(27)15-10-8-9-11-17(15)31-22-25-18(29-6)13-19(26-22)30-7/h8-11,13-14,16H,12H2,1-7H3,(H,24,27)/t16-/m0/s1. The summed E-state index contributed by atoms with van der Waals surface area (Å²) >= 11 is 0. The van der Waals surface area contributed by atoms with Crippen molar-refractivity contribution in [1.82, 2.24) is 15.3 Å². The molecular weight excluding hydrogens is 414 g/mol. The molecular formula is C23H31N3O6. The van der Waals surface area contributed by atoms with Crippen LogP contribution < -0.4 is 19.5 Å². The molecule has 0 unspecified atom stereocenters. The SMILES string of the molecule is COc1cc(OC)nc(Oc2ccccc2C(=O)N[C@@H](CC(C)C)C(=O)OC(C)(C)C)n1. The van der Waals surface area contributed by atoms with E-state index >= 15 is 0 Å². The number of methoxy groups -OCH3 is 2. The van der Waals surface area contributed by atoms with E-state index < -0.39 is 23.5 Å². The number of esters is 1. The van der Waals surface area contributed by atoms with Crippen LogP contribution >= 0.6 is 0 Å². The highest BCUT2D eigenvalue weighted by Gasteiger charge is 2.28. The summed E-state index contributed by atoms with van der Waals surface area (Å²) < 4.78 is 21.5. The molecule has 2 rings (SSSR count). The molecule has 1 N–H and O–H groups in total. The van der Waals surface area contributed by atoms with E-state index in [9.17, 15) is 9.59 Å². The number of rotatable bonds is 9. The molecule has 0 bridgehead atoms. The largest absolute Gasteiger partial charge is 0.481 e. The van der Waals surface area contributed by atoms with Crippen molar-refractivity contribution in [3.05, 3.63) is 35.9 Å². The molecule has 0 fully saturated rings. The highest BCUT2D eigenvalue weighted by Crippen LogP contribution is 2.26. The third-order valence-corrected chi connectivity index (χ3v) is 4.11. The number of amides is 1. The first-order valence-corrected chi connectivity index (χ1v) is 10.3. The van der Waals surface area contributed by atoms with E-state index in [-0.39, 0.29) is 35.0 Å². The summed E-state index contributed by atoms with van der Waals surface area (Å²) in [5.41, 5.74) is -0.448.